The number of rotatable bonds is 4. The Kier molecular flexibility index (Phi) is 4.31. The Morgan fingerprint density at radius 3 is 3.00 bits per heavy atom. The second-order valence-corrected chi connectivity index (χ2v) is 5.30. The van der Waals surface area contributed by atoms with Crippen molar-refractivity contribution in [2.24, 2.45) is 0 Å². The lowest BCUT2D eigenvalue weighted by Gasteiger charge is -2.23. The Hall–Kier alpha value is -2.14. The van der Waals surface area contributed by atoms with E-state index in [-0.39, 0.29) is 18.4 Å². The number of aromatic nitrogens is 1. The average molecular weight is 285 g/mol. The second kappa shape index (κ2) is 6.54. The van der Waals surface area contributed by atoms with Gasteiger partial charge in [-0.15, -0.1) is 0 Å². The van der Waals surface area contributed by atoms with E-state index >= 15 is 0 Å². The predicted octanol–water partition coefficient (Wildman–Crippen LogP) is 1.75. The third kappa shape index (κ3) is 3.70. The van der Waals surface area contributed by atoms with Crippen LogP contribution in [0.5, 0.6) is 0 Å². The van der Waals surface area contributed by atoms with Crippen molar-refractivity contribution in [1.82, 2.24) is 15.6 Å². The molecule has 2 heterocycles. The highest BCUT2D eigenvalue weighted by Gasteiger charge is 2.16. The summed E-state index contributed by atoms with van der Waals surface area (Å²) in [7, 11) is 0. The van der Waals surface area contributed by atoms with Crippen LogP contribution in [0, 0.1) is 0 Å². The van der Waals surface area contributed by atoms with Crippen molar-refractivity contribution in [2.45, 2.75) is 25.3 Å². The van der Waals surface area contributed by atoms with Gasteiger partial charge in [0.25, 0.3) is 0 Å². The molecule has 0 saturated carbocycles. The van der Waals surface area contributed by atoms with Gasteiger partial charge < -0.3 is 15.1 Å². The van der Waals surface area contributed by atoms with Crippen molar-refractivity contribution in [3.05, 3.63) is 42.3 Å². The second-order valence-electron chi connectivity index (χ2n) is 5.30. The molecule has 21 heavy (non-hydrogen) atoms. The monoisotopic (exact) mass is 285 g/mol. The Balaban J connectivity index is 1.58. The largest absolute Gasteiger partial charge is 0.444 e. The first kappa shape index (κ1) is 13.8. The third-order valence-corrected chi connectivity index (χ3v) is 3.58. The number of hydrogen-bond acceptors (Lipinski definition) is 4. The van der Waals surface area contributed by atoms with Crippen LogP contribution < -0.4 is 10.6 Å². The molecule has 0 aliphatic carbocycles. The summed E-state index contributed by atoms with van der Waals surface area (Å²) in [5, 5.41) is 6.31. The fraction of sp³-hybridized carbons (Fsp3) is 0.375. The van der Waals surface area contributed by atoms with E-state index in [9.17, 15) is 4.79 Å². The normalized spacial score (nSPS) is 18.4. The number of carbonyl (C=O) groups is 1. The smallest absolute Gasteiger partial charge is 0.226 e. The molecule has 1 aromatic carbocycles. The van der Waals surface area contributed by atoms with Gasteiger partial charge in [-0.3, -0.25) is 4.79 Å². The zero-order valence-electron chi connectivity index (χ0n) is 11.8. The minimum Gasteiger partial charge on any atom is -0.444 e. The zero-order chi connectivity index (χ0) is 14.5. The Bertz CT molecular complexity index is 589. The van der Waals surface area contributed by atoms with Crippen LogP contribution in [0.25, 0.3) is 11.5 Å². The summed E-state index contributed by atoms with van der Waals surface area (Å²) in [5.74, 6) is 0.550. The first-order chi connectivity index (χ1) is 10.3. The number of oxazole rings is 1. The maximum absolute atomic E-state index is 12.0. The van der Waals surface area contributed by atoms with Gasteiger partial charge in [0.15, 0.2) is 0 Å². The molecule has 0 spiro atoms. The molecule has 1 aliphatic heterocycles. The molecule has 5 heteroatoms. The fourth-order valence-corrected chi connectivity index (χ4v) is 2.52. The summed E-state index contributed by atoms with van der Waals surface area (Å²) in [4.78, 5) is 16.4. The number of hydrogen-bond donors (Lipinski definition) is 2. The Labute approximate surface area is 123 Å². The summed E-state index contributed by atoms with van der Waals surface area (Å²) >= 11 is 0. The van der Waals surface area contributed by atoms with E-state index in [0.29, 0.717) is 11.6 Å². The maximum atomic E-state index is 12.0. The zero-order valence-corrected chi connectivity index (χ0v) is 11.8. The standard InChI is InChI=1S/C16H19N3O2/c20-15(18-13-7-4-8-17-10-13)9-14-11-21-16(19-14)12-5-2-1-3-6-12/h1-3,5-6,11,13,17H,4,7-10H2,(H,18,20)/t13-/m0/s1. The van der Waals surface area contributed by atoms with E-state index in [0.717, 1.165) is 31.5 Å². The molecule has 1 aromatic heterocycles. The van der Waals surface area contributed by atoms with Crippen LogP contribution >= 0.6 is 0 Å². The van der Waals surface area contributed by atoms with Crippen LogP contribution in [0.1, 0.15) is 18.5 Å². The van der Waals surface area contributed by atoms with Crippen LogP contribution in [0.2, 0.25) is 0 Å². The van der Waals surface area contributed by atoms with E-state index in [1.54, 1.807) is 6.26 Å². The molecule has 0 unspecified atom stereocenters. The van der Waals surface area contributed by atoms with Gasteiger partial charge in [0.1, 0.15) is 6.26 Å². The van der Waals surface area contributed by atoms with Gasteiger partial charge in [-0.2, -0.15) is 0 Å². The van der Waals surface area contributed by atoms with Gasteiger partial charge in [0.05, 0.1) is 12.1 Å². The summed E-state index contributed by atoms with van der Waals surface area (Å²) in [6.07, 6.45) is 3.95. The molecule has 1 fully saturated rings. The Morgan fingerprint density at radius 1 is 1.38 bits per heavy atom. The van der Waals surface area contributed by atoms with Gasteiger partial charge in [-0.05, 0) is 31.5 Å². The highest BCUT2D eigenvalue weighted by molar-refractivity contribution is 5.78. The van der Waals surface area contributed by atoms with Gasteiger partial charge >= 0.3 is 0 Å². The summed E-state index contributed by atoms with van der Waals surface area (Å²) in [6, 6.07) is 9.90. The number of nitrogens with one attached hydrogen (secondary N) is 2. The van der Waals surface area contributed by atoms with Crippen LogP contribution in [0.15, 0.2) is 41.0 Å². The third-order valence-electron chi connectivity index (χ3n) is 3.58. The van der Waals surface area contributed by atoms with Gasteiger partial charge in [-0.1, -0.05) is 18.2 Å². The van der Waals surface area contributed by atoms with Crippen LogP contribution in [0.4, 0.5) is 0 Å². The molecular weight excluding hydrogens is 266 g/mol. The van der Waals surface area contributed by atoms with E-state index in [4.69, 9.17) is 4.42 Å². The van der Waals surface area contributed by atoms with Crippen molar-refractivity contribution in [3.8, 4) is 11.5 Å². The lowest BCUT2D eigenvalue weighted by atomic mass is 10.1. The first-order valence-electron chi connectivity index (χ1n) is 7.31. The number of benzene rings is 1. The number of piperidine rings is 1. The molecule has 1 atom stereocenters. The van der Waals surface area contributed by atoms with Crippen LogP contribution in [-0.4, -0.2) is 30.0 Å². The number of carbonyl (C=O) groups excluding carboxylic acids is 1. The summed E-state index contributed by atoms with van der Waals surface area (Å²) < 4.78 is 5.44. The van der Waals surface area contributed by atoms with Crippen LogP contribution in [0.3, 0.4) is 0 Å². The minimum absolute atomic E-state index is 0.00314. The predicted molar refractivity (Wildman–Crippen MR) is 79.7 cm³/mol. The fourth-order valence-electron chi connectivity index (χ4n) is 2.52. The maximum Gasteiger partial charge on any atom is 0.226 e. The summed E-state index contributed by atoms with van der Waals surface area (Å²) in [5.41, 5.74) is 1.58. The highest BCUT2D eigenvalue weighted by Crippen LogP contribution is 2.18. The molecule has 3 rings (SSSR count). The quantitative estimate of drug-likeness (QED) is 0.898. The molecule has 1 amide bonds. The lowest BCUT2D eigenvalue weighted by molar-refractivity contribution is -0.121. The molecule has 1 aliphatic rings. The molecule has 5 nitrogen and oxygen atoms in total. The van der Waals surface area contributed by atoms with Crippen molar-refractivity contribution < 1.29 is 9.21 Å². The van der Waals surface area contributed by atoms with Crippen molar-refractivity contribution in [3.63, 3.8) is 0 Å². The van der Waals surface area contributed by atoms with Gasteiger partial charge in [0.2, 0.25) is 11.8 Å². The first-order valence-corrected chi connectivity index (χ1v) is 7.31. The highest BCUT2D eigenvalue weighted by atomic mass is 16.3. The summed E-state index contributed by atoms with van der Waals surface area (Å²) in [6.45, 7) is 1.88. The molecule has 0 radical (unpaired) electrons. The molecule has 0 bridgehead atoms. The van der Waals surface area contributed by atoms with E-state index in [1.165, 1.54) is 0 Å². The molecule has 1 saturated heterocycles. The van der Waals surface area contributed by atoms with Gasteiger partial charge in [0, 0.05) is 18.2 Å². The van der Waals surface area contributed by atoms with Crippen molar-refractivity contribution in [1.29, 1.82) is 0 Å². The van der Waals surface area contributed by atoms with Crippen molar-refractivity contribution >= 4 is 5.91 Å². The number of nitrogens with zero attached hydrogens (tertiary/aromatic N) is 1. The van der Waals surface area contributed by atoms with Gasteiger partial charge in [-0.25, -0.2) is 4.98 Å². The average Bonchev–Trinajstić information content (AvgIpc) is 2.97. The molecule has 2 N–H and O–H groups in total. The topological polar surface area (TPSA) is 67.2 Å². The molecular formula is C16H19N3O2. The minimum atomic E-state index is -0.00314. The molecule has 110 valence electrons. The SMILES string of the molecule is O=C(Cc1coc(-c2ccccc2)n1)N[C@H]1CCCNC1. The lowest BCUT2D eigenvalue weighted by Crippen LogP contribution is -2.46. The van der Waals surface area contributed by atoms with E-state index < -0.39 is 0 Å². The number of amides is 1. The van der Waals surface area contributed by atoms with E-state index in [2.05, 4.69) is 15.6 Å². The van der Waals surface area contributed by atoms with E-state index in [1.807, 2.05) is 30.3 Å². The van der Waals surface area contributed by atoms with Crippen molar-refractivity contribution in [2.75, 3.05) is 13.1 Å². The van der Waals surface area contributed by atoms with Crippen LogP contribution in [-0.2, 0) is 11.2 Å². The molecule has 2 aromatic rings. The Morgan fingerprint density at radius 2 is 2.24 bits per heavy atom.